The van der Waals surface area contributed by atoms with Crippen molar-refractivity contribution in [1.29, 1.82) is 0 Å². The lowest BCUT2D eigenvalue weighted by atomic mass is 10.1. The lowest BCUT2D eigenvalue weighted by Gasteiger charge is -2.28. The number of aliphatic carboxylic acids is 1. The molecule has 0 aromatic heterocycles. The fourth-order valence-electron chi connectivity index (χ4n) is 2.24. The minimum Gasteiger partial charge on any atom is -0.481 e. The lowest BCUT2D eigenvalue weighted by Crippen LogP contribution is -2.42. The highest BCUT2D eigenvalue weighted by atomic mass is 16.5. The fraction of sp³-hybridized carbons (Fsp3) is 0.818. The van der Waals surface area contributed by atoms with Crippen LogP contribution in [0.15, 0.2) is 0 Å². The van der Waals surface area contributed by atoms with Crippen LogP contribution in [0.3, 0.4) is 0 Å². The Morgan fingerprint density at radius 1 is 1.35 bits per heavy atom. The van der Waals surface area contributed by atoms with Gasteiger partial charge in [-0.1, -0.05) is 0 Å². The van der Waals surface area contributed by atoms with Gasteiger partial charge in [-0.25, -0.2) is 0 Å². The van der Waals surface area contributed by atoms with Crippen LogP contribution in [0.4, 0.5) is 0 Å². The third-order valence-electron chi connectivity index (χ3n) is 3.35. The molecule has 1 unspecified atom stereocenters. The molecule has 6 heteroatoms. The maximum absolute atomic E-state index is 11.6. The van der Waals surface area contributed by atoms with E-state index in [0.717, 1.165) is 32.8 Å². The Hall–Kier alpha value is -1.14. The second-order valence-corrected chi connectivity index (χ2v) is 4.53. The number of nitrogens with zero attached hydrogens (tertiary/aromatic N) is 2. The zero-order valence-corrected chi connectivity index (χ0v) is 9.80. The van der Waals surface area contributed by atoms with Crippen molar-refractivity contribution in [2.75, 3.05) is 45.9 Å². The number of rotatable bonds is 4. The first-order chi connectivity index (χ1) is 8.16. The largest absolute Gasteiger partial charge is 0.481 e. The SMILES string of the molecule is O=C(O)C1CC(=O)N(CCN2CCOCC2)C1. The fourth-order valence-corrected chi connectivity index (χ4v) is 2.24. The molecule has 0 aliphatic carbocycles. The van der Waals surface area contributed by atoms with E-state index in [-0.39, 0.29) is 12.3 Å². The quantitative estimate of drug-likeness (QED) is 0.702. The summed E-state index contributed by atoms with van der Waals surface area (Å²) in [5.41, 5.74) is 0. The maximum atomic E-state index is 11.6. The van der Waals surface area contributed by atoms with Crippen LogP contribution < -0.4 is 0 Å². The second-order valence-electron chi connectivity index (χ2n) is 4.53. The first-order valence-electron chi connectivity index (χ1n) is 5.97. The van der Waals surface area contributed by atoms with Gasteiger partial charge in [0.2, 0.25) is 5.91 Å². The maximum Gasteiger partial charge on any atom is 0.308 e. The number of carboxylic acids is 1. The Labute approximate surface area is 100 Å². The van der Waals surface area contributed by atoms with Gasteiger partial charge in [-0.2, -0.15) is 0 Å². The van der Waals surface area contributed by atoms with Crippen molar-refractivity contribution in [2.24, 2.45) is 5.92 Å². The molecule has 1 amide bonds. The monoisotopic (exact) mass is 242 g/mol. The van der Waals surface area contributed by atoms with Crippen LogP contribution in [0.2, 0.25) is 0 Å². The molecule has 1 N–H and O–H groups in total. The van der Waals surface area contributed by atoms with E-state index in [1.54, 1.807) is 4.90 Å². The van der Waals surface area contributed by atoms with Crippen molar-refractivity contribution in [3.8, 4) is 0 Å². The van der Waals surface area contributed by atoms with E-state index in [2.05, 4.69) is 4.90 Å². The van der Waals surface area contributed by atoms with Crippen molar-refractivity contribution >= 4 is 11.9 Å². The van der Waals surface area contributed by atoms with Gasteiger partial charge in [-0.3, -0.25) is 14.5 Å². The molecule has 2 aliphatic rings. The van der Waals surface area contributed by atoms with Gasteiger partial charge in [0.1, 0.15) is 0 Å². The first-order valence-corrected chi connectivity index (χ1v) is 5.97. The summed E-state index contributed by atoms with van der Waals surface area (Å²) in [6, 6.07) is 0. The summed E-state index contributed by atoms with van der Waals surface area (Å²) in [4.78, 5) is 26.3. The normalized spacial score (nSPS) is 26.5. The number of carbonyl (C=O) groups excluding carboxylic acids is 1. The van der Waals surface area contributed by atoms with Crippen LogP contribution in [0.5, 0.6) is 0 Å². The van der Waals surface area contributed by atoms with Gasteiger partial charge in [-0.05, 0) is 0 Å². The van der Waals surface area contributed by atoms with Gasteiger partial charge in [-0.15, -0.1) is 0 Å². The zero-order valence-electron chi connectivity index (χ0n) is 9.80. The molecule has 2 fully saturated rings. The van der Waals surface area contributed by atoms with Crippen molar-refractivity contribution in [1.82, 2.24) is 9.80 Å². The Bertz CT molecular complexity index is 302. The highest BCUT2D eigenvalue weighted by molar-refractivity contribution is 5.86. The van der Waals surface area contributed by atoms with E-state index in [9.17, 15) is 9.59 Å². The predicted molar refractivity (Wildman–Crippen MR) is 59.6 cm³/mol. The number of amides is 1. The molecular formula is C11H18N2O4. The van der Waals surface area contributed by atoms with Crippen LogP contribution in [-0.2, 0) is 14.3 Å². The van der Waals surface area contributed by atoms with Crippen molar-refractivity contribution < 1.29 is 19.4 Å². The first kappa shape index (κ1) is 12.3. The summed E-state index contributed by atoms with van der Waals surface area (Å²) in [6.07, 6.45) is 0.151. The summed E-state index contributed by atoms with van der Waals surface area (Å²) in [5, 5.41) is 8.86. The van der Waals surface area contributed by atoms with E-state index in [1.807, 2.05) is 0 Å². The average molecular weight is 242 g/mol. The highest BCUT2D eigenvalue weighted by Crippen LogP contribution is 2.17. The molecular weight excluding hydrogens is 224 g/mol. The predicted octanol–water partition coefficient (Wildman–Crippen LogP) is -0.748. The molecule has 2 aliphatic heterocycles. The van der Waals surface area contributed by atoms with Crippen molar-refractivity contribution in [3.05, 3.63) is 0 Å². The molecule has 0 bridgehead atoms. The Morgan fingerprint density at radius 2 is 2.06 bits per heavy atom. The minimum atomic E-state index is -0.868. The molecule has 0 aromatic rings. The number of ether oxygens (including phenoxy) is 1. The molecule has 0 radical (unpaired) electrons. The van der Waals surface area contributed by atoms with E-state index in [0.29, 0.717) is 13.1 Å². The molecule has 1 atom stereocenters. The summed E-state index contributed by atoms with van der Waals surface area (Å²) in [5.74, 6) is -1.43. The number of carbonyl (C=O) groups is 2. The Balaban J connectivity index is 1.75. The Kier molecular flexibility index (Phi) is 3.96. The van der Waals surface area contributed by atoms with E-state index < -0.39 is 11.9 Å². The number of hydrogen-bond acceptors (Lipinski definition) is 4. The third-order valence-corrected chi connectivity index (χ3v) is 3.35. The van der Waals surface area contributed by atoms with E-state index in [4.69, 9.17) is 9.84 Å². The molecule has 0 spiro atoms. The summed E-state index contributed by atoms with van der Waals surface area (Å²) < 4.78 is 5.24. The molecule has 96 valence electrons. The van der Waals surface area contributed by atoms with Gasteiger partial charge in [0.05, 0.1) is 19.1 Å². The highest BCUT2D eigenvalue weighted by Gasteiger charge is 2.34. The van der Waals surface area contributed by atoms with Crippen LogP contribution in [0, 0.1) is 5.92 Å². The van der Waals surface area contributed by atoms with Crippen LogP contribution in [-0.4, -0.2) is 72.7 Å². The van der Waals surface area contributed by atoms with Crippen LogP contribution >= 0.6 is 0 Å². The van der Waals surface area contributed by atoms with E-state index >= 15 is 0 Å². The summed E-state index contributed by atoms with van der Waals surface area (Å²) >= 11 is 0. The summed E-state index contributed by atoms with van der Waals surface area (Å²) in [6.45, 7) is 5.06. The average Bonchev–Trinajstić information content (AvgIpc) is 2.70. The molecule has 0 saturated carbocycles. The molecule has 2 rings (SSSR count). The molecule has 17 heavy (non-hydrogen) atoms. The van der Waals surface area contributed by atoms with Crippen molar-refractivity contribution in [3.63, 3.8) is 0 Å². The van der Waals surface area contributed by atoms with Gasteiger partial charge >= 0.3 is 5.97 Å². The van der Waals surface area contributed by atoms with Gasteiger partial charge in [0.15, 0.2) is 0 Å². The van der Waals surface area contributed by atoms with E-state index in [1.165, 1.54) is 0 Å². The lowest BCUT2D eigenvalue weighted by molar-refractivity contribution is -0.141. The molecule has 0 aromatic carbocycles. The van der Waals surface area contributed by atoms with Gasteiger partial charge < -0.3 is 14.7 Å². The standard InChI is InChI=1S/C11H18N2O4/c14-10-7-9(11(15)16)8-13(10)2-1-12-3-5-17-6-4-12/h9H,1-8H2,(H,15,16). The molecule has 6 nitrogen and oxygen atoms in total. The Morgan fingerprint density at radius 3 is 2.65 bits per heavy atom. The summed E-state index contributed by atoms with van der Waals surface area (Å²) in [7, 11) is 0. The zero-order chi connectivity index (χ0) is 12.3. The van der Waals surface area contributed by atoms with Gasteiger partial charge in [0, 0.05) is 39.1 Å². The van der Waals surface area contributed by atoms with Gasteiger partial charge in [0.25, 0.3) is 0 Å². The number of carboxylic acid groups (broad SMARTS) is 1. The van der Waals surface area contributed by atoms with Crippen molar-refractivity contribution in [2.45, 2.75) is 6.42 Å². The molecule has 2 heterocycles. The molecule has 2 saturated heterocycles. The second kappa shape index (κ2) is 5.46. The number of likely N-dealkylation sites (tertiary alicyclic amines) is 1. The minimum absolute atomic E-state index is 0.0364. The number of hydrogen-bond donors (Lipinski definition) is 1. The topological polar surface area (TPSA) is 70.1 Å². The smallest absolute Gasteiger partial charge is 0.308 e. The van der Waals surface area contributed by atoms with Crippen LogP contribution in [0.1, 0.15) is 6.42 Å². The van der Waals surface area contributed by atoms with Crippen LogP contribution in [0.25, 0.3) is 0 Å². The third kappa shape index (κ3) is 3.17. The number of morpholine rings is 1.